The Morgan fingerprint density at radius 3 is 2.31 bits per heavy atom. The summed E-state index contributed by atoms with van der Waals surface area (Å²) in [6.07, 6.45) is 0. The average Bonchev–Trinajstić information content (AvgIpc) is 2.62. The molecule has 0 aliphatic carbocycles. The summed E-state index contributed by atoms with van der Waals surface area (Å²) in [7, 11) is 1.75. The minimum atomic E-state index is -0.177. The van der Waals surface area contributed by atoms with Crippen molar-refractivity contribution in [1.29, 1.82) is 0 Å². The Bertz CT molecular complexity index is 791. The van der Waals surface area contributed by atoms with Gasteiger partial charge in [-0.2, -0.15) is 0 Å². The summed E-state index contributed by atoms with van der Waals surface area (Å²) in [4.78, 5) is 26.2. The van der Waals surface area contributed by atoms with E-state index in [4.69, 9.17) is 12.2 Å². The summed E-state index contributed by atoms with van der Waals surface area (Å²) in [6.45, 7) is 4.07. The molecule has 0 aliphatic heterocycles. The molecule has 5 nitrogen and oxygen atoms in total. The molecule has 0 saturated heterocycles. The molecule has 2 amide bonds. The fourth-order valence-corrected chi connectivity index (χ4v) is 2.53. The zero-order chi connectivity index (χ0) is 19.1. The second kappa shape index (κ2) is 9.10. The second-order valence-corrected chi connectivity index (χ2v) is 6.70. The van der Waals surface area contributed by atoms with Crippen molar-refractivity contribution in [3.8, 4) is 0 Å². The van der Waals surface area contributed by atoms with Gasteiger partial charge in [0.1, 0.15) is 0 Å². The van der Waals surface area contributed by atoms with E-state index in [0.717, 1.165) is 5.56 Å². The van der Waals surface area contributed by atoms with Crippen molar-refractivity contribution >= 4 is 34.8 Å². The third-order valence-corrected chi connectivity index (χ3v) is 3.98. The van der Waals surface area contributed by atoms with Crippen LogP contribution in [0.25, 0.3) is 0 Å². The van der Waals surface area contributed by atoms with Crippen LogP contribution in [0, 0.1) is 5.92 Å². The number of rotatable bonds is 5. The van der Waals surface area contributed by atoms with Gasteiger partial charge in [0.15, 0.2) is 5.11 Å². The lowest BCUT2D eigenvalue weighted by atomic mass is 10.1. The van der Waals surface area contributed by atoms with Gasteiger partial charge in [-0.1, -0.05) is 56.3 Å². The number of hydrogen-bond donors (Lipinski definition) is 2. The van der Waals surface area contributed by atoms with Crippen molar-refractivity contribution in [2.24, 2.45) is 5.92 Å². The first kappa shape index (κ1) is 19.6. The van der Waals surface area contributed by atoms with Gasteiger partial charge in [0.2, 0.25) is 5.91 Å². The fraction of sp³-hybridized carbons (Fsp3) is 0.250. The predicted octanol–water partition coefficient (Wildman–Crippen LogP) is 3.43. The number of para-hydroxylation sites is 1. The first-order valence-corrected chi connectivity index (χ1v) is 8.79. The highest BCUT2D eigenvalue weighted by Crippen LogP contribution is 2.18. The van der Waals surface area contributed by atoms with Gasteiger partial charge < -0.3 is 15.5 Å². The summed E-state index contributed by atoms with van der Waals surface area (Å²) < 4.78 is 0. The Morgan fingerprint density at radius 2 is 1.65 bits per heavy atom. The predicted molar refractivity (Wildman–Crippen MR) is 108 cm³/mol. The van der Waals surface area contributed by atoms with Gasteiger partial charge in [0.25, 0.3) is 5.91 Å². The molecule has 2 rings (SSSR count). The molecule has 0 radical (unpaired) electrons. The molecule has 136 valence electrons. The lowest BCUT2D eigenvalue weighted by Crippen LogP contribution is -2.37. The van der Waals surface area contributed by atoms with Crippen LogP contribution < -0.4 is 10.6 Å². The van der Waals surface area contributed by atoms with Crippen LogP contribution in [0.4, 0.5) is 5.69 Å². The van der Waals surface area contributed by atoms with E-state index in [2.05, 4.69) is 10.6 Å². The van der Waals surface area contributed by atoms with Crippen LogP contribution in [0.1, 0.15) is 29.8 Å². The smallest absolute Gasteiger partial charge is 0.256 e. The van der Waals surface area contributed by atoms with Crippen LogP contribution in [0.15, 0.2) is 54.6 Å². The summed E-state index contributed by atoms with van der Waals surface area (Å²) in [5.41, 5.74) is 2.10. The molecular weight excluding hydrogens is 346 g/mol. The van der Waals surface area contributed by atoms with E-state index in [0.29, 0.717) is 17.8 Å². The maximum Gasteiger partial charge on any atom is 0.256 e. The molecule has 0 atom stereocenters. The molecule has 0 heterocycles. The van der Waals surface area contributed by atoms with Crippen molar-refractivity contribution < 1.29 is 9.59 Å². The van der Waals surface area contributed by atoms with Gasteiger partial charge in [-0.3, -0.25) is 9.59 Å². The number of carbonyl (C=O) groups is 2. The first-order valence-electron chi connectivity index (χ1n) is 8.38. The highest BCUT2D eigenvalue weighted by Gasteiger charge is 2.17. The van der Waals surface area contributed by atoms with Crippen molar-refractivity contribution in [2.45, 2.75) is 20.4 Å². The lowest BCUT2D eigenvalue weighted by molar-refractivity contribution is -0.122. The van der Waals surface area contributed by atoms with Gasteiger partial charge >= 0.3 is 0 Å². The molecule has 0 fully saturated rings. The van der Waals surface area contributed by atoms with Gasteiger partial charge in [0, 0.05) is 19.5 Å². The number of carbonyl (C=O) groups excluding carboxylic acids is 2. The number of nitrogens with zero attached hydrogens (tertiary/aromatic N) is 1. The molecule has 0 bridgehead atoms. The number of nitrogens with one attached hydrogen (secondary N) is 2. The second-order valence-electron chi connectivity index (χ2n) is 6.29. The summed E-state index contributed by atoms with van der Waals surface area (Å²) in [5, 5.41) is 5.74. The molecule has 0 aliphatic rings. The minimum Gasteiger partial charge on any atom is -0.337 e. The fourth-order valence-electron chi connectivity index (χ4n) is 2.32. The molecule has 26 heavy (non-hydrogen) atoms. The van der Waals surface area contributed by atoms with Crippen molar-refractivity contribution in [1.82, 2.24) is 10.2 Å². The SMILES string of the molecule is CC(C)C(=O)NC(=S)Nc1ccccc1C(=O)N(C)Cc1ccccc1. The molecule has 0 spiro atoms. The van der Waals surface area contributed by atoms with Crippen LogP contribution in [0.2, 0.25) is 0 Å². The number of thiocarbonyl (C=S) groups is 1. The zero-order valence-corrected chi connectivity index (χ0v) is 16.0. The lowest BCUT2D eigenvalue weighted by Gasteiger charge is -2.20. The van der Waals surface area contributed by atoms with Gasteiger partial charge in [0.05, 0.1) is 11.3 Å². The average molecular weight is 369 g/mol. The van der Waals surface area contributed by atoms with E-state index in [1.807, 2.05) is 36.4 Å². The Hall–Kier alpha value is -2.73. The first-order chi connectivity index (χ1) is 12.4. The van der Waals surface area contributed by atoms with Crippen molar-refractivity contribution in [2.75, 3.05) is 12.4 Å². The van der Waals surface area contributed by atoms with E-state index in [1.165, 1.54) is 0 Å². The topological polar surface area (TPSA) is 61.4 Å². The molecule has 0 aromatic heterocycles. The minimum absolute atomic E-state index is 0.130. The Morgan fingerprint density at radius 1 is 1.04 bits per heavy atom. The van der Waals surface area contributed by atoms with Crippen LogP contribution in [0.3, 0.4) is 0 Å². The molecule has 0 unspecified atom stereocenters. The monoisotopic (exact) mass is 369 g/mol. The largest absolute Gasteiger partial charge is 0.337 e. The highest BCUT2D eigenvalue weighted by atomic mass is 32.1. The van der Waals surface area contributed by atoms with Crippen LogP contribution in [-0.4, -0.2) is 28.9 Å². The zero-order valence-electron chi connectivity index (χ0n) is 15.2. The number of hydrogen-bond acceptors (Lipinski definition) is 3. The third kappa shape index (κ3) is 5.39. The maximum atomic E-state index is 12.8. The summed E-state index contributed by atoms with van der Waals surface area (Å²) >= 11 is 5.18. The Kier molecular flexibility index (Phi) is 6.86. The van der Waals surface area contributed by atoms with Gasteiger partial charge in [-0.05, 0) is 29.9 Å². The Balaban J connectivity index is 2.11. The van der Waals surface area contributed by atoms with Crippen LogP contribution >= 0.6 is 12.2 Å². The quantitative estimate of drug-likeness (QED) is 0.793. The standard InChI is InChI=1S/C20H23N3O2S/c1-14(2)18(24)22-20(26)21-17-12-8-7-11-16(17)19(25)23(3)13-15-9-5-4-6-10-15/h4-12,14H,13H2,1-3H3,(H2,21,22,24,26). The molecule has 2 aromatic rings. The number of benzene rings is 2. The van der Waals surface area contributed by atoms with E-state index in [9.17, 15) is 9.59 Å². The molecule has 6 heteroatoms. The summed E-state index contributed by atoms with van der Waals surface area (Å²) in [5.74, 6) is -0.480. The Labute approximate surface area is 159 Å². The summed E-state index contributed by atoms with van der Waals surface area (Å²) in [6, 6.07) is 16.9. The van der Waals surface area contributed by atoms with Crippen molar-refractivity contribution in [3.63, 3.8) is 0 Å². The number of amides is 2. The van der Waals surface area contributed by atoms with E-state index >= 15 is 0 Å². The molecule has 2 aromatic carbocycles. The third-order valence-electron chi connectivity index (χ3n) is 3.78. The van der Waals surface area contributed by atoms with E-state index < -0.39 is 0 Å². The number of anilines is 1. The van der Waals surface area contributed by atoms with Crippen LogP contribution in [-0.2, 0) is 11.3 Å². The van der Waals surface area contributed by atoms with E-state index in [1.54, 1.807) is 44.0 Å². The highest BCUT2D eigenvalue weighted by molar-refractivity contribution is 7.80. The van der Waals surface area contributed by atoms with Crippen molar-refractivity contribution in [3.05, 3.63) is 65.7 Å². The van der Waals surface area contributed by atoms with E-state index in [-0.39, 0.29) is 22.8 Å². The molecule has 2 N–H and O–H groups in total. The van der Waals surface area contributed by atoms with Gasteiger partial charge in [-0.15, -0.1) is 0 Å². The normalized spacial score (nSPS) is 10.3. The van der Waals surface area contributed by atoms with Gasteiger partial charge in [-0.25, -0.2) is 0 Å². The maximum absolute atomic E-state index is 12.8. The van der Waals surface area contributed by atoms with Crippen LogP contribution in [0.5, 0.6) is 0 Å². The molecule has 0 saturated carbocycles. The molecular formula is C20H23N3O2S.